The van der Waals surface area contributed by atoms with Crippen molar-refractivity contribution in [2.45, 2.75) is 43.0 Å². The third-order valence-corrected chi connectivity index (χ3v) is 5.62. The number of benzene rings is 1. The highest BCUT2D eigenvalue weighted by atomic mass is 35.5. The highest BCUT2D eigenvalue weighted by molar-refractivity contribution is 7.89. The van der Waals surface area contributed by atoms with Crippen molar-refractivity contribution >= 4 is 27.3 Å². The molecule has 8 heteroatoms. The first-order chi connectivity index (χ1) is 9.23. The van der Waals surface area contributed by atoms with Crippen molar-refractivity contribution in [2.24, 2.45) is 0 Å². The van der Waals surface area contributed by atoms with Gasteiger partial charge < -0.3 is 0 Å². The van der Waals surface area contributed by atoms with Gasteiger partial charge in [0.2, 0.25) is 10.0 Å². The predicted octanol–water partition coefficient (Wildman–Crippen LogP) is 2.86. The first-order valence-electron chi connectivity index (χ1n) is 6.21. The van der Waals surface area contributed by atoms with Crippen LogP contribution in [0.4, 0.5) is 5.69 Å². The van der Waals surface area contributed by atoms with Crippen LogP contribution in [-0.2, 0) is 10.0 Å². The SMILES string of the molecule is CC1(NS(=O)(=O)c2cc([N+](=O)[O-])ccc2Cl)CCCC1. The molecule has 0 spiro atoms. The second-order valence-electron chi connectivity index (χ2n) is 5.25. The topological polar surface area (TPSA) is 89.3 Å². The summed E-state index contributed by atoms with van der Waals surface area (Å²) in [6, 6.07) is 3.40. The number of sulfonamides is 1. The van der Waals surface area contributed by atoms with Crippen molar-refractivity contribution < 1.29 is 13.3 Å². The minimum atomic E-state index is -3.88. The first kappa shape index (κ1) is 15.2. The Hall–Kier alpha value is -1.18. The molecule has 0 bridgehead atoms. The third-order valence-electron chi connectivity index (χ3n) is 3.50. The molecule has 20 heavy (non-hydrogen) atoms. The van der Waals surface area contributed by atoms with Crippen LogP contribution in [-0.4, -0.2) is 18.9 Å². The summed E-state index contributed by atoms with van der Waals surface area (Å²) < 4.78 is 27.4. The van der Waals surface area contributed by atoms with E-state index in [0.717, 1.165) is 31.7 Å². The lowest BCUT2D eigenvalue weighted by Crippen LogP contribution is -2.43. The Balaban J connectivity index is 2.38. The molecule has 0 unspecified atom stereocenters. The van der Waals surface area contributed by atoms with Crippen LogP contribution in [0, 0.1) is 10.1 Å². The van der Waals surface area contributed by atoms with Crippen molar-refractivity contribution in [2.75, 3.05) is 0 Å². The fraction of sp³-hybridized carbons (Fsp3) is 0.500. The standard InChI is InChI=1S/C12H15ClN2O4S/c1-12(6-2-3-7-12)14-20(18,19)11-8-9(15(16)17)4-5-10(11)13/h4-5,8,14H,2-3,6-7H2,1H3. The second-order valence-corrected chi connectivity index (χ2v) is 7.30. The van der Waals surface area contributed by atoms with E-state index in [-0.39, 0.29) is 15.6 Å². The zero-order valence-electron chi connectivity index (χ0n) is 10.9. The van der Waals surface area contributed by atoms with Crippen molar-refractivity contribution in [3.8, 4) is 0 Å². The van der Waals surface area contributed by atoms with Gasteiger partial charge in [0.25, 0.3) is 5.69 Å². The highest BCUT2D eigenvalue weighted by Crippen LogP contribution is 2.32. The average Bonchev–Trinajstić information content (AvgIpc) is 2.74. The van der Waals surface area contributed by atoms with Gasteiger partial charge in [0, 0.05) is 17.7 Å². The summed E-state index contributed by atoms with van der Waals surface area (Å²) in [5, 5.41) is 10.7. The van der Waals surface area contributed by atoms with Crippen LogP contribution in [0.5, 0.6) is 0 Å². The fourth-order valence-electron chi connectivity index (χ4n) is 2.45. The van der Waals surface area contributed by atoms with Crippen molar-refractivity contribution in [1.82, 2.24) is 4.72 Å². The van der Waals surface area contributed by atoms with Crippen LogP contribution >= 0.6 is 11.6 Å². The van der Waals surface area contributed by atoms with Crippen LogP contribution in [0.15, 0.2) is 23.1 Å². The van der Waals surface area contributed by atoms with Gasteiger partial charge in [-0.25, -0.2) is 13.1 Å². The van der Waals surface area contributed by atoms with E-state index in [4.69, 9.17) is 11.6 Å². The van der Waals surface area contributed by atoms with Crippen molar-refractivity contribution in [3.63, 3.8) is 0 Å². The summed E-state index contributed by atoms with van der Waals surface area (Å²) >= 11 is 5.87. The van der Waals surface area contributed by atoms with Gasteiger partial charge in [-0.2, -0.15) is 0 Å². The molecule has 1 aromatic rings. The van der Waals surface area contributed by atoms with Gasteiger partial charge in [-0.05, 0) is 25.8 Å². The Labute approximate surface area is 122 Å². The minimum Gasteiger partial charge on any atom is -0.258 e. The number of nitro groups is 1. The molecule has 0 radical (unpaired) electrons. The lowest BCUT2D eigenvalue weighted by molar-refractivity contribution is -0.385. The summed E-state index contributed by atoms with van der Waals surface area (Å²) in [6.45, 7) is 1.84. The number of non-ortho nitro benzene ring substituents is 1. The van der Waals surface area contributed by atoms with Crippen LogP contribution in [0.3, 0.4) is 0 Å². The Morgan fingerprint density at radius 3 is 2.50 bits per heavy atom. The summed E-state index contributed by atoms with van der Waals surface area (Å²) in [5.74, 6) is 0. The molecule has 1 aliphatic rings. The van der Waals surface area contributed by atoms with Gasteiger partial charge in [-0.3, -0.25) is 10.1 Å². The predicted molar refractivity (Wildman–Crippen MR) is 75.3 cm³/mol. The van der Waals surface area contributed by atoms with Crippen LogP contribution < -0.4 is 4.72 Å². The van der Waals surface area contributed by atoms with Gasteiger partial charge in [0.1, 0.15) is 4.90 Å². The van der Waals surface area contributed by atoms with Crippen LogP contribution in [0.1, 0.15) is 32.6 Å². The quantitative estimate of drug-likeness (QED) is 0.682. The fourth-order valence-corrected chi connectivity index (χ4v) is 4.43. The van der Waals surface area contributed by atoms with Gasteiger partial charge >= 0.3 is 0 Å². The Morgan fingerprint density at radius 1 is 1.35 bits per heavy atom. The maximum absolute atomic E-state index is 12.4. The Bertz CT molecular complexity index is 639. The summed E-state index contributed by atoms with van der Waals surface area (Å²) in [7, 11) is -3.88. The molecule has 2 rings (SSSR count). The molecule has 110 valence electrons. The number of hydrogen-bond donors (Lipinski definition) is 1. The molecule has 1 fully saturated rings. The number of nitrogens with zero attached hydrogens (tertiary/aromatic N) is 1. The lowest BCUT2D eigenvalue weighted by Gasteiger charge is -2.25. The molecular formula is C12H15ClN2O4S. The van der Waals surface area contributed by atoms with E-state index in [1.807, 2.05) is 6.92 Å². The molecule has 1 saturated carbocycles. The molecule has 1 aliphatic carbocycles. The molecule has 0 amide bonds. The van der Waals surface area contributed by atoms with E-state index in [9.17, 15) is 18.5 Å². The maximum atomic E-state index is 12.4. The van der Waals surface area contributed by atoms with Gasteiger partial charge in [0.15, 0.2) is 0 Å². The third kappa shape index (κ3) is 3.11. The molecule has 1 aromatic carbocycles. The van der Waals surface area contributed by atoms with Crippen molar-refractivity contribution in [3.05, 3.63) is 33.3 Å². The molecule has 0 heterocycles. The van der Waals surface area contributed by atoms with E-state index in [1.165, 1.54) is 12.1 Å². The number of nitro benzene ring substituents is 1. The second kappa shape index (κ2) is 5.31. The smallest absolute Gasteiger partial charge is 0.258 e. The Kier molecular flexibility index (Phi) is 4.04. The van der Waals surface area contributed by atoms with Crippen LogP contribution in [0.2, 0.25) is 5.02 Å². The number of hydrogen-bond acceptors (Lipinski definition) is 4. The van der Waals surface area contributed by atoms with E-state index < -0.39 is 20.5 Å². The summed E-state index contributed by atoms with van der Waals surface area (Å²) in [5.41, 5.74) is -0.807. The zero-order valence-corrected chi connectivity index (χ0v) is 12.5. The number of nitrogens with one attached hydrogen (secondary N) is 1. The lowest BCUT2D eigenvalue weighted by atomic mass is 10.0. The molecule has 0 saturated heterocycles. The normalized spacial score (nSPS) is 18.1. The molecule has 0 aromatic heterocycles. The summed E-state index contributed by atoms with van der Waals surface area (Å²) in [4.78, 5) is 9.85. The van der Waals surface area contributed by atoms with E-state index in [1.54, 1.807) is 0 Å². The largest absolute Gasteiger partial charge is 0.270 e. The van der Waals surface area contributed by atoms with Gasteiger partial charge in [-0.1, -0.05) is 24.4 Å². The monoisotopic (exact) mass is 318 g/mol. The maximum Gasteiger partial charge on any atom is 0.270 e. The summed E-state index contributed by atoms with van der Waals surface area (Å²) in [6.07, 6.45) is 3.42. The van der Waals surface area contributed by atoms with E-state index >= 15 is 0 Å². The molecule has 6 nitrogen and oxygen atoms in total. The zero-order chi connectivity index (χ0) is 15.0. The highest BCUT2D eigenvalue weighted by Gasteiger charge is 2.34. The van der Waals surface area contributed by atoms with Crippen LogP contribution in [0.25, 0.3) is 0 Å². The van der Waals surface area contributed by atoms with E-state index in [2.05, 4.69) is 4.72 Å². The first-order valence-corrected chi connectivity index (χ1v) is 8.08. The molecular weight excluding hydrogens is 304 g/mol. The van der Waals surface area contributed by atoms with Gasteiger partial charge in [-0.15, -0.1) is 0 Å². The van der Waals surface area contributed by atoms with E-state index in [0.29, 0.717) is 0 Å². The molecule has 0 aliphatic heterocycles. The number of halogens is 1. The van der Waals surface area contributed by atoms with Crippen molar-refractivity contribution in [1.29, 1.82) is 0 Å². The Morgan fingerprint density at radius 2 is 1.95 bits per heavy atom. The molecule has 1 N–H and O–H groups in total. The molecule has 0 atom stereocenters. The average molecular weight is 319 g/mol. The number of rotatable bonds is 4. The minimum absolute atomic E-state index is 0.0234. The van der Waals surface area contributed by atoms with Gasteiger partial charge in [0.05, 0.1) is 9.95 Å².